The number of hydrogen-bond donors (Lipinski definition) is 2. The maximum Gasteiger partial charge on any atom is 0.417 e. The molecule has 1 aliphatic rings. The molecule has 0 radical (unpaired) electrons. The van der Waals surface area contributed by atoms with E-state index in [4.69, 9.17) is 17.0 Å². The molecule has 152 valence electrons. The molecule has 2 N–H and O–H groups in total. The van der Waals surface area contributed by atoms with Crippen LogP contribution in [0.5, 0.6) is 5.75 Å². The second-order valence-electron chi connectivity index (χ2n) is 6.80. The largest absolute Gasteiger partial charge is 0.508 e. The molecule has 3 aromatic rings. The van der Waals surface area contributed by atoms with Crippen LogP contribution in [-0.4, -0.2) is 32.4 Å². The number of pyridine rings is 1. The fourth-order valence-corrected chi connectivity index (χ4v) is 3.69. The molecule has 3 heterocycles. The molecule has 0 aliphatic carbocycles. The summed E-state index contributed by atoms with van der Waals surface area (Å²) in [6.07, 6.45) is -3.40. The smallest absolute Gasteiger partial charge is 0.417 e. The number of aromatic amines is 1. The number of nitrogens with zero attached hydrogens (tertiary/aromatic N) is 2. The van der Waals surface area contributed by atoms with Crippen LogP contribution in [0, 0.1) is 4.77 Å². The third kappa shape index (κ3) is 3.77. The Morgan fingerprint density at radius 2 is 2.03 bits per heavy atom. The Kier molecular flexibility index (Phi) is 4.91. The lowest BCUT2D eigenvalue weighted by Crippen LogP contribution is -2.24. The first-order valence-corrected chi connectivity index (χ1v) is 9.31. The molecule has 29 heavy (non-hydrogen) atoms. The Labute approximate surface area is 167 Å². The fourth-order valence-electron chi connectivity index (χ4n) is 3.44. The van der Waals surface area contributed by atoms with E-state index in [1.165, 1.54) is 28.8 Å². The zero-order chi connectivity index (χ0) is 20.8. The second kappa shape index (κ2) is 7.27. The van der Waals surface area contributed by atoms with Crippen molar-refractivity contribution >= 4 is 23.3 Å². The zero-order valence-electron chi connectivity index (χ0n) is 15.0. The Hall–Kier alpha value is -2.72. The van der Waals surface area contributed by atoms with Gasteiger partial charge in [0.05, 0.1) is 29.3 Å². The molecule has 10 heteroatoms. The van der Waals surface area contributed by atoms with Gasteiger partial charge < -0.3 is 9.84 Å². The van der Waals surface area contributed by atoms with Gasteiger partial charge in [0.15, 0.2) is 4.77 Å². The number of ether oxygens (including phenoxy) is 1. The van der Waals surface area contributed by atoms with Crippen molar-refractivity contribution in [2.24, 2.45) is 0 Å². The van der Waals surface area contributed by atoms with E-state index < -0.39 is 22.7 Å². The van der Waals surface area contributed by atoms with E-state index in [2.05, 4.69) is 9.97 Å². The third-order valence-corrected chi connectivity index (χ3v) is 5.15. The van der Waals surface area contributed by atoms with Crippen molar-refractivity contribution in [3.05, 3.63) is 51.0 Å². The summed E-state index contributed by atoms with van der Waals surface area (Å²) in [5, 5.41) is 8.89. The van der Waals surface area contributed by atoms with Crippen molar-refractivity contribution in [3.8, 4) is 17.0 Å². The van der Waals surface area contributed by atoms with Gasteiger partial charge in [-0.1, -0.05) is 0 Å². The lowest BCUT2D eigenvalue weighted by atomic mass is 10.1. The van der Waals surface area contributed by atoms with Crippen LogP contribution in [-0.2, 0) is 17.5 Å². The zero-order valence-corrected chi connectivity index (χ0v) is 15.8. The van der Waals surface area contributed by atoms with E-state index in [1.807, 2.05) is 0 Å². The summed E-state index contributed by atoms with van der Waals surface area (Å²) in [5.41, 5.74) is -1.79. The van der Waals surface area contributed by atoms with E-state index in [0.29, 0.717) is 12.2 Å². The normalized spacial score (nSPS) is 17.1. The van der Waals surface area contributed by atoms with Crippen LogP contribution in [0.4, 0.5) is 13.2 Å². The summed E-state index contributed by atoms with van der Waals surface area (Å²) < 4.78 is 48.4. The van der Waals surface area contributed by atoms with Crippen LogP contribution in [0.3, 0.4) is 0 Å². The molecule has 2 aromatic heterocycles. The molecule has 1 saturated heterocycles. The second-order valence-corrected chi connectivity index (χ2v) is 7.19. The number of H-pyrrole nitrogens is 1. The number of alkyl halides is 3. The molecule has 0 bridgehead atoms. The highest BCUT2D eigenvalue weighted by Gasteiger charge is 2.35. The van der Waals surface area contributed by atoms with E-state index in [0.717, 1.165) is 18.9 Å². The highest BCUT2D eigenvalue weighted by molar-refractivity contribution is 7.71. The quantitative estimate of drug-likeness (QED) is 0.622. The highest BCUT2D eigenvalue weighted by atomic mass is 32.1. The number of phenolic OH excluding ortho intramolecular Hbond substituents is 1. The van der Waals surface area contributed by atoms with Gasteiger partial charge in [-0.25, -0.2) is 4.98 Å². The standard InChI is InChI=1S/C19H16F3N3O3S/c20-19(21,22)13-8-14(10-3-5-11(26)6-4-10)23-16-15(13)17(27)24-18(29)25(16)9-12-2-1-7-28-12/h3-6,8,12,26H,1-2,7,9H2,(H,24,27,29)/t12-/m1/s1. The summed E-state index contributed by atoms with van der Waals surface area (Å²) in [6, 6.07) is 6.45. The average molecular weight is 423 g/mol. The first-order valence-electron chi connectivity index (χ1n) is 8.90. The summed E-state index contributed by atoms with van der Waals surface area (Å²) in [7, 11) is 0. The monoisotopic (exact) mass is 423 g/mol. The molecule has 0 spiro atoms. The van der Waals surface area contributed by atoms with E-state index in [9.17, 15) is 23.1 Å². The molecule has 1 aliphatic heterocycles. The van der Waals surface area contributed by atoms with Crippen LogP contribution in [0.15, 0.2) is 35.1 Å². The Morgan fingerprint density at radius 1 is 1.31 bits per heavy atom. The lowest BCUT2D eigenvalue weighted by Gasteiger charge is -2.18. The van der Waals surface area contributed by atoms with Crippen LogP contribution in [0.2, 0.25) is 0 Å². The van der Waals surface area contributed by atoms with Gasteiger partial charge in [-0.05, 0) is 55.4 Å². The molecule has 1 atom stereocenters. The molecule has 0 unspecified atom stereocenters. The molecule has 0 amide bonds. The number of hydrogen-bond acceptors (Lipinski definition) is 5. The van der Waals surface area contributed by atoms with Gasteiger partial charge >= 0.3 is 6.18 Å². The molecular weight excluding hydrogens is 407 g/mol. The number of phenols is 1. The molecule has 6 nitrogen and oxygen atoms in total. The molecular formula is C19H16F3N3O3S. The number of aromatic hydroxyl groups is 1. The third-order valence-electron chi connectivity index (χ3n) is 4.83. The average Bonchev–Trinajstić information content (AvgIpc) is 3.17. The predicted octanol–water partition coefficient (Wildman–Crippen LogP) is 4.02. The van der Waals surface area contributed by atoms with Crippen molar-refractivity contribution in [2.45, 2.75) is 31.7 Å². The molecule has 0 saturated carbocycles. The Balaban J connectivity index is 2.02. The number of fused-ring (bicyclic) bond motifs is 1. The number of aromatic nitrogens is 3. The van der Waals surface area contributed by atoms with Gasteiger partial charge in [-0.2, -0.15) is 13.2 Å². The first kappa shape index (κ1) is 19.6. The lowest BCUT2D eigenvalue weighted by molar-refractivity contribution is -0.136. The van der Waals surface area contributed by atoms with Crippen molar-refractivity contribution in [1.82, 2.24) is 14.5 Å². The number of nitrogens with one attached hydrogen (secondary N) is 1. The van der Waals surface area contributed by atoms with Gasteiger partial charge in [-0.15, -0.1) is 0 Å². The minimum Gasteiger partial charge on any atom is -0.508 e. The van der Waals surface area contributed by atoms with Crippen molar-refractivity contribution in [3.63, 3.8) is 0 Å². The summed E-state index contributed by atoms with van der Waals surface area (Å²) >= 11 is 5.21. The molecule has 4 rings (SSSR count). The Bertz CT molecular complexity index is 1180. The van der Waals surface area contributed by atoms with E-state index in [1.54, 1.807) is 0 Å². The van der Waals surface area contributed by atoms with Gasteiger partial charge in [0, 0.05) is 12.2 Å². The fraction of sp³-hybridized carbons (Fsp3) is 0.316. The van der Waals surface area contributed by atoms with Crippen LogP contribution in [0.1, 0.15) is 18.4 Å². The van der Waals surface area contributed by atoms with Crippen LogP contribution in [0.25, 0.3) is 22.3 Å². The van der Waals surface area contributed by atoms with Gasteiger partial charge in [0.2, 0.25) is 0 Å². The van der Waals surface area contributed by atoms with Crippen molar-refractivity contribution in [2.75, 3.05) is 6.61 Å². The Morgan fingerprint density at radius 3 is 2.66 bits per heavy atom. The first-order chi connectivity index (χ1) is 13.7. The topological polar surface area (TPSA) is 80.1 Å². The highest BCUT2D eigenvalue weighted by Crippen LogP contribution is 2.36. The maximum atomic E-state index is 13.8. The van der Waals surface area contributed by atoms with Gasteiger partial charge in [0.1, 0.15) is 11.4 Å². The number of rotatable bonds is 3. The molecule has 1 fully saturated rings. The SMILES string of the molecule is O=c1[nH]c(=S)n(C[C@H]2CCCO2)c2nc(-c3ccc(O)cc3)cc(C(F)(F)F)c12. The van der Waals surface area contributed by atoms with Crippen LogP contribution >= 0.6 is 12.2 Å². The number of halogens is 3. The van der Waals surface area contributed by atoms with Crippen molar-refractivity contribution < 1.29 is 23.0 Å². The van der Waals surface area contributed by atoms with Crippen molar-refractivity contribution in [1.29, 1.82) is 0 Å². The molecule has 1 aromatic carbocycles. The maximum absolute atomic E-state index is 13.8. The summed E-state index contributed by atoms with van der Waals surface area (Å²) in [4.78, 5) is 19.1. The van der Waals surface area contributed by atoms with E-state index >= 15 is 0 Å². The summed E-state index contributed by atoms with van der Waals surface area (Å²) in [5.74, 6) is -0.0247. The predicted molar refractivity (Wildman–Crippen MR) is 102 cm³/mol. The van der Waals surface area contributed by atoms with Gasteiger partial charge in [0.25, 0.3) is 5.56 Å². The minimum absolute atomic E-state index is 0.0125. The van der Waals surface area contributed by atoms with E-state index in [-0.39, 0.29) is 34.5 Å². The van der Waals surface area contributed by atoms with Crippen LogP contribution < -0.4 is 5.56 Å². The summed E-state index contributed by atoms with van der Waals surface area (Å²) in [6.45, 7) is 0.759. The number of benzene rings is 1. The van der Waals surface area contributed by atoms with Gasteiger partial charge in [-0.3, -0.25) is 14.3 Å². The minimum atomic E-state index is -4.77.